The molecular formula is C36H38FN3O6S. The van der Waals surface area contributed by atoms with Gasteiger partial charge < -0.3 is 19.7 Å². The molecule has 0 bridgehead atoms. The van der Waals surface area contributed by atoms with Crippen molar-refractivity contribution in [1.29, 1.82) is 0 Å². The lowest BCUT2D eigenvalue weighted by molar-refractivity contribution is -0.140. The second kappa shape index (κ2) is 14.3. The molecule has 0 saturated heterocycles. The average molecular weight is 660 g/mol. The average Bonchev–Trinajstić information content (AvgIpc) is 3.05. The van der Waals surface area contributed by atoms with Crippen molar-refractivity contribution in [2.45, 2.75) is 50.2 Å². The minimum atomic E-state index is -4.31. The predicted octanol–water partition coefficient (Wildman–Crippen LogP) is 5.35. The van der Waals surface area contributed by atoms with Crippen LogP contribution in [0.15, 0.2) is 108 Å². The number of nitrogens with one attached hydrogen (secondary N) is 1. The van der Waals surface area contributed by atoms with Gasteiger partial charge in [-0.1, -0.05) is 66.7 Å². The predicted molar refractivity (Wildman–Crippen MR) is 177 cm³/mol. The zero-order valence-electron chi connectivity index (χ0n) is 26.6. The van der Waals surface area contributed by atoms with Crippen LogP contribution in [0.1, 0.15) is 31.9 Å². The minimum Gasteiger partial charge on any atom is -0.486 e. The molecule has 0 aromatic heterocycles. The summed E-state index contributed by atoms with van der Waals surface area (Å²) in [6.07, 6.45) is 0.110. The molecular weight excluding hydrogens is 621 g/mol. The van der Waals surface area contributed by atoms with Crippen molar-refractivity contribution in [1.82, 2.24) is 10.2 Å². The van der Waals surface area contributed by atoms with Crippen molar-refractivity contribution in [3.8, 4) is 11.5 Å². The maximum atomic E-state index is 15.1. The Hall–Kier alpha value is -4.90. The number of hydrogen-bond donors (Lipinski definition) is 1. The van der Waals surface area contributed by atoms with Crippen molar-refractivity contribution in [3.05, 3.63) is 120 Å². The largest absolute Gasteiger partial charge is 0.486 e. The smallest absolute Gasteiger partial charge is 0.264 e. The zero-order chi connectivity index (χ0) is 33.6. The number of amides is 2. The summed E-state index contributed by atoms with van der Waals surface area (Å²) in [5.74, 6) is -0.924. The van der Waals surface area contributed by atoms with Gasteiger partial charge in [-0.05, 0) is 56.7 Å². The van der Waals surface area contributed by atoms with Crippen LogP contribution in [0, 0.1) is 5.82 Å². The molecule has 0 aliphatic carbocycles. The van der Waals surface area contributed by atoms with Crippen LogP contribution in [0.5, 0.6) is 11.5 Å². The van der Waals surface area contributed by atoms with Gasteiger partial charge in [-0.25, -0.2) is 12.8 Å². The van der Waals surface area contributed by atoms with Gasteiger partial charge in [0.2, 0.25) is 11.8 Å². The van der Waals surface area contributed by atoms with Crippen LogP contribution >= 0.6 is 0 Å². The fourth-order valence-corrected chi connectivity index (χ4v) is 6.68. The van der Waals surface area contributed by atoms with E-state index in [1.165, 1.54) is 47.4 Å². The molecule has 1 aliphatic rings. The molecule has 1 unspecified atom stereocenters. The molecule has 246 valence electrons. The summed E-state index contributed by atoms with van der Waals surface area (Å²) in [5.41, 5.74) is 0.468. The van der Waals surface area contributed by atoms with Gasteiger partial charge in [0.05, 0.1) is 10.6 Å². The maximum Gasteiger partial charge on any atom is 0.264 e. The second-order valence-electron chi connectivity index (χ2n) is 12.2. The molecule has 1 N–H and O–H groups in total. The molecule has 4 aromatic carbocycles. The fourth-order valence-electron chi connectivity index (χ4n) is 5.25. The molecule has 0 spiro atoms. The van der Waals surface area contributed by atoms with Crippen molar-refractivity contribution in [2.75, 3.05) is 24.1 Å². The van der Waals surface area contributed by atoms with Gasteiger partial charge in [-0.3, -0.25) is 13.9 Å². The monoisotopic (exact) mass is 659 g/mol. The highest BCUT2D eigenvalue weighted by molar-refractivity contribution is 7.92. The van der Waals surface area contributed by atoms with Crippen LogP contribution in [-0.4, -0.2) is 56.5 Å². The van der Waals surface area contributed by atoms with Crippen LogP contribution in [0.2, 0.25) is 0 Å². The number of anilines is 1. The van der Waals surface area contributed by atoms with Gasteiger partial charge in [0.1, 0.15) is 31.6 Å². The third-order valence-electron chi connectivity index (χ3n) is 7.49. The lowest BCUT2D eigenvalue weighted by Crippen LogP contribution is -2.56. The Bertz CT molecular complexity index is 1810. The van der Waals surface area contributed by atoms with E-state index < -0.39 is 45.8 Å². The van der Waals surface area contributed by atoms with Crippen molar-refractivity contribution >= 4 is 27.5 Å². The summed E-state index contributed by atoms with van der Waals surface area (Å²) in [4.78, 5) is 29.8. The van der Waals surface area contributed by atoms with Gasteiger partial charge >= 0.3 is 0 Å². The Kier molecular flexibility index (Phi) is 10.1. The molecule has 11 heteroatoms. The standard InChI is InChI=1S/C36H38FN3O6S/c1-36(2,3)38-35(42)31(22-26-12-6-4-7-13-26)39(24-27-14-10-11-17-30(27)37)34(41)25-40(47(43,44)29-15-8-5-9-16-29)28-18-19-32-33(23-28)46-21-20-45-32/h4-19,23,31H,20-22,24-25H2,1-3H3,(H,38,42). The molecule has 0 saturated carbocycles. The summed E-state index contributed by atoms with van der Waals surface area (Å²) >= 11 is 0. The second-order valence-corrected chi connectivity index (χ2v) is 14.1. The number of nitrogens with zero attached hydrogens (tertiary/aromatic N) is 2. The normalized spacial score (nSPS) is 13.4. The van der Waals surface area contributed by atoms with E-state index in [1.807, 2.05) is 51.1 Å². The Morgan fingerprint density at radius 2 is 1.47 bits per heavy atom. The van der Waals surface area contributed by atoms with Crippen LogP contribution in [0.4, 0.5) is 10.1 Å². The number of carbonyl (C=O) groups excluding carboxylic acids is 2. The van der Waals surface area contributed by atoms with Crippen LogP contribution in [-0.2, 0) is 32.6 Å². The van der Waals surface area contributed by atoms with Gasteiger partial charge in [-0.2, -0.15) is 0 Å². The number of hydrogen-bond acceptors (Lipinski definition) is 6. The van der Waals surface area contributed by atoms with Crippen LogP contribution < -0.4 is 19.1 Å². The Morgan fingerprint density at radius 3 is 2.13 bits per heavy atom. The van der Waals surface area contributed by atoms with E-state index in [9.17, 15) is 18.0 Å². The number of ether oxygens (including phenoxy) is 2. The first-order chi connectivity index (χ1) is 22.4. The van der Waals surface area contributed by atoms with E-state index in [4.69, 9.17) is 9.47 Å². The lowest BCUT2D eigenvalue weighted by Gasteiger charge is -2.35. The summed E-state index contributed by atoms with van der Waals surface area (Å²) in [6, 6.07) is 26.5. The zero-order valence-corrected chi connectivity index (χ0v) is 27.4. The molecule has 1 atom stereocenters. The Labute approximate surface area is 275 Å². The molecule has 0 radical (unpaired) electrons. The van der Waals surface area contributed by atoms with Gasteiger partial charge in [-0.15, -0.1) is 0 Å². The molecule has 1 aliphatic heterocycles. The number of benzene rings is 4. The maximum absolute atomic E-state index is 15.1. The third-order valence-corrected chi connectivity index (χ3v) is 9.28. The Morgan fingerprint density at radius 1 is 0.851 bits per heavy atom. The van der Waals surface area contributed by atoms with E-state index in [0.717, 1.165) is 9.87 Å². The van der Waals surface area contributed by atoms with Gasteiger partial charge in [0.15, 0.2) is 11.5 Å². The quantitative estimate of drug-likeness (QED) is 0.233. The third kappa shape index (κ3) is 8.28. The van der Waals surface area contributed by atoms with E-state index in [1.54, 1.807) is 30.3 Å². The highest BCUT2D eigenvalue weighted by Crippen LogP contribution is 2.36. The fraction of sp³-hybridized carbons (Fsp3) is 0.278. The number of rotatable bonds is 11. The topological polar surface area (TPSA) is 105 Å². The molecule has 47 heavy (non-hydrogen) atoms. The molecule has 1 heterocycles. The summed E-state index contributed by atoms with van der Waals surface area (Å²) in [7, 11) is -4.31. The van der Waals surface area contributed by atoms with Crippen molar-refractivity contribution in [3.63, 3.8) is 0 Å². The first-order valence-corrected chi connectivity index (χ1v) is 16.7. The first kappa shape index (κ1) is 33.5. The molecule has 2 amide bonds. The van der Waals surface area contributed by atoms with Crippen LogP contribution in [0.3, 0.4) is 0 Å². The van der Waals surface area contributed by atoms with Gasteiger partial charge in [0.25, 0.3) is 10.0 Å². The molecule has 5 rings (SSSR count). The molecule has 4 aromatic rings. The molecule has 0 fully saturated rings. The number of sulfonamides is 1. The van der Waals surface area contributed by atoms with Crippen molar-refractivity contribution in [2.24, 2.45) is 0 Å². The number of carbonyl (C=O) groups is 2. The Balaban J connectivity index is 1.60. The summed E-state index contributed by atoms with van der Waals surface area (Å²) < 4.78 is 55.8. The van der Waals surface area contributed by atoms with Crippen LogP contribution in [0.25, 0.3) is 0 Å². The highest BCUT2D eigenvalue weighted by Gasteiger charge is 2.36. The number of halogens is 1. The SMILES string of the molecule is CC(C)(C)NC(=O)C(Cc1ccccc1)N(Cc1ccccc1F)C(=O)CN(c1ccc2c(c1)OCCO2)S(=O)(=O)c1ccccc1. The number of fused-ring (bicyclic) bond motifs is 1. The minimum absolute atomic E-state index is 0.0327. The molecule has 9 nitrogen and oxygen atoms in total. The summed E-state index contributed by atoms with van der Waals surface area (Å²) in [6.45, 7) is 5.14. The van der Waals surface area contributed by atoms with E-state index >= 15 is 4.39 Å². The summed E-state index contributed by atoms with van der Waals surface area (Å²) in [5, 5.41) is 2.96. The van der Waals surface area contributed by atoms with Crippen molar-refractivity contribution < 1.29 is 31.9 Å². The van der Waals surface area contributed by atoms with Gasteiger partial charge in [0, 0.05) is 30.1 Å². The van der Waals surface area contributed by atoms with E-state index in [-0.39, 0.29) is 35.7 Å². The van der Waals surface area contributed by atoms with E-state index in [2.05, 4.69) is 5.32 Å². The highest BCUT2D eigenvalue weighted by atomic mass is 32.2. The first-order valence-electron chi connectivity index (χ1n) is 15.3. The lowest BCUT2D eigenvalue weighted by atomic mass is 10.0. The van der Waals surface area contributed by atoms with E-state index in [0.29, 0.717) is 18.1 Å².